The number of aromatic amines is 1. The summed E-state index contributed by atoms with van der Waals surface area (Å²) in [5.41, 5.74) is 2.15. The van der Waals surface area contributed by atoms with Gasteiger partial charge in [-0.15, -0.1) is 0 Å². The number of carbonyl (C=O) groups excluding carboxylic acids is 2. The van der Waals surface area contributed by atoms with Crippen LogP contribution in [0.4, 0.5) is 13.2 Å². The van der Waals surface area contributed by atoms with E-state index in [0.29, 0.717) is 37.0 Å². The first-order valence-electron chi connectivity index (χ1n) is 13.9. The van der Waals surface area contributed by atoms with E-state index in [1.54, 1.807) is 11.0 Å². The van der Waals surface area contributed by atoms with E-state index in [2.05, 4.69) is 39.6 Å². The van der Waals surface area contributed by atoms with E-state index in [4.69, 9.17) is 0 Å². The number of nitrogens with zero attached hydrogens (tertiary/aromatic N) is 2. The Kier molecular flexibility index (Phi) is 8.59. The highest BCUT2D eigenvalue weighted by atomic mass is 19.4. The van der Waals surface area contributed by atoms with E-state index in [0.717, 1.165) is 57.3 Å². The van der Waals surface area contributed by atoms with Gasteiger partial charge in [-0.25, -0.2) is 0 Å². The van der Waals surface area contributed by atoms with Gasteiger partial charge in [-0.2, -0.15) is 13.2 Å². The topological polar surface area (TPSA) is 68.4 Å². The van der Waals surface area contributed by atoms with Gasteiger partial charge in [0.2, 0.25) is 12.3 Å². The highest BCUT2D eigenvalue weighted by Gasteiger charge is 2.34. The van der Waals surface area contributed by atoms with E-state index in [1.165, 1.54) is 34.7 Å². The third-order valence-corrected chi connectivity index (χ3v) is 8.50. The minimum atomic E-state index is -4.42. The number of carbonyl (C=O) groups is 2. The van der Waals surface area contributed by atoms with Gasteiger partial charge in [0.1, 0.15) is 0 Å². The number of benzene rings is 2. The van der Waals surface area contributed by atoms with Crippen LogP contribution in [0, 0.1) is 5.92 Å². The number of likely N-dealkylation sites (tertiary alicyclic amines) is 2. The lowest BCUT2D eigenvalue weighted by molar-refractivity contribution is -0.137. The Balaban J connectivity index is 1.16. The highest BCUT2D eigenvalue weighted by Crippen LogP contribution is 2.35. The number of para-hydroxylation sites is 1. The maximum atomic E-state index is 13.0. The Morgan fingerprint density at radius 2 is 1.77 bits per heavy atom. The maximum absolute atomic E-state index is 13.0. The van der Waals surface area contributed by atoms with Crippen molar-refractivity contribution in [3.8, 4) is 0 Å². The predicted molar refractivity (Wildman–Crippen MR) is 149 cm³/mol. The standard InChI is InChI=1S/C31H35F3N4O2/c32-31(33,34)25-5-3-4-22(18-25)8-9-30(40)38-16-12-24(13-17-38)29(20-35-21-39)37-14-10-23(11-15-37)27-19-36-28-7-2-1-6-26(27)28/h1-9,18-19,21,23-24,29,36H,10-17,20H2,(H,35,39)/b9-8+. The molecule has 9 heteroatoms. The minimum absolute atomic E-state index is 0.196. The number of fused-ring (bicyclic) bond motifs is 1. The SMILES string of the molecule is O=CNCC(C1CCN(C(=O)/C=C/c2cccc(C(F)(F)F)c2)CC1)N1CCC(c2c[nH]c3ccccc23)CC1. The second-order valence-corrected chi connectivity index (χ2v) is 10.8. The van der Waals surface area contributed by atoms with Crippen LogP contribution in [0.3, 0.4) is 0 Å². The van der Waals surface area contributed by atoms with Gasteiger partial charge in [-0.05, 0) is 86.0 Å². The molecule has 40 heavy (non-hydrogen) atoms. The molecule has 2 aliphatic rings. The Bertz CT molecular complexity index is 1340. The fourth-order valence-electron chi connectivity index (χ4n) is 6.33. The van der Waals surface area contributed by atoms with Crippen LogP contribution in [0.1, 0.15) is 48.3 Å². The van der Waals surface area contributed by atoms with Gasteiger partial charge < -0.3 is 15.2 Å². The first-order valence-corrected chi connectivity index (χ1v) is 13.9. The largest absolute Gasteiger partial charge is 0.416 e. The average Bonchev–Trinajstić information content (AvgIpc) is 3.41. The van der Waals surface area contributed by atoms with Gasteiger partial charge in [-0.1, -0.05) is 30.3 Å². The van der Waals surface area contributed by atoms with Gasteiger partial charge in [0.05, 0.1) is 5.56 Å². The third kappa shape index (κ3) is 6.41. The van der Waals surface area contributed by atoms with Crippen molar-refractivity contribution in [1.29, 1.82) is 0 Å². The second-order valence-electron chi connectivity index (χ2n) is 10.8. The van der Waals surface area contributed by atoms with Crippen LogP contribution in [0.25, 0.3) is 17.0 Å². The van der Waals surface area contributed by atoms with Gasteiger partial charge >= 0.3 is 6.18 Å². The first kappa shape index (κ1) is 28.0. The summed E-state index contributed by atoms with van der Waals surface area (Å²) in [6.45, 7) is 3.65. The van der Waals surface area contributed by atoms with Crippen LogP contribution >= 0.6 is 0 Å². The normalized spacial score (nSPS) is 18.8. The second kappa shape index (κ2) is 12.3. The van der Waals surface area contributed by atoms with Crippen LogP contribution in [0.15, 0.2) is 60.8 Å². The Morgan fingerprint density at radius 1 is 1.02 bits per heavy atom. The molecule has 0 bridgehead atoms. The van der Waals surface area contributed by atoms with Gasteiger partial charge in [0.15, 0.2) is 0 Å². The van der Waals surface area contributed by atoms with E-state index in [-0.39, 0.29) is 11.9 Å². The van der Waals surface area contributed by atoms with Crippen molar-refractivity contribution in [3.63, 3.8) is 0 Å². The van der Waals surface area contributed by atoms with Crippen molar-refractivity contribution in [1.82, 2.24) is 20.1 Å². The molecule has 3 heterocycles. The van der Waals surface area contributed by atoms with Crippen molar-refractivity contribution in [2.75, 3.05) is 32.7 Å². The molecule has 2 aromatic carbocycles. The minimum Gasteiger partial charge on any atom is -0.361 e. The molecule has 3 aromatic rings. The molecular formula is C31H35F3N4O2. The summed E-state index contributed by atoms with van der Waals surface area (Å²) in [5.74, 6) is 0.640. The maximum Gasteiger partial charge on any atom is 0.416 e. The molecule has 2 saturated heterocycles. The van der Waals surface area contributed by atoms with E-state index in [1.807, 2.05) is 6.07 Å². The zero-order chi connectivity index (χ0) is 28.1. The molecule has 5 rings (SSSR count). The Hall–Kier alpha value is -3.59. The molecular weight excluding hydrogens is 517 g/mol. The zero-order valence-electron chi connectivity index (χ0n) is 22.4. The molecule has 2 amide bonds. The van der Waals surface area contributed by atoms with Crippen molar-refractivity contribution >= 4 is 29.3 Å². The van der Waals surface area contributed by atoms with E-state index >= 15 is 0 Å². The van der Waals surface area contributed by atoms with Crippen LogP contribution in [0.5, 0.6) is 0 Å². The molecule has 0 aliphatic carbocycles. The summed E-state index contributed by atoms with van der Waals surface area (Å²) in [7, 11) is 0. The molecule has 1 atom stereocenters. The number of amides is 2. The van der Waals surface area contributed by atoms with Crippen molar-refractivity contribution in [2.24, 2.45) is 5.92 Å². The van der Waals surface area contributed by atoms with Crippen molar-refractivity contribution in [2.45, 2.75) is 43.8 Å². The van der Waals surface area contributed by atoms with Crippen LogP contribution in [0.2, 0.25) is 0 Å². The number of H-pyrrole nitrogens is 1. The number of rotatable bonds is 8. The lowest BCUT2D eigenvalue weighted by Crippen LogP contribution is -2.52. The molecule has 0 spiro atoms. The Morgan fingerprint density at radius 3 is 2.50 bits per heavy atom. The summed E-state index contributed by atoms with van der Waals surface area (Å²) in [6, 6.07) is 13.6. The number of nitrogens with one attached hydrogen (secondary N) is 2. The molecule has 0 saturated carbocycles. The summed E-state index contributed by atoms with van der Waals surface area (Å²) in [4.78, 5) is 31.6. The van der Waals surface area contributed by atoms with Crippen LogP contribution < -0.4 is 5.32 Å². The van der Waals surface area contributed by atoms with Gasteiger partial charge in [-0.3, -0.25) is 14.5 Å². The lowest BCUT2D eigenvalue weighted by atomic mass is 9.84. The summed E-state index contributed by atoms with van der Waals surface area (Å²) < 4.78 is 39.0. The molecule has 1 aromatic heterocycles. The zero-order valence-corrected chi connectivity index (χ0v) is 22.4. The average molecular weight is 553 g/mol. The predicted octanol–water partition coefficient (Wildman–Crippen LogP) is 5.43. The molecule has 2 aliphatic heterocycles. The highest BCUT2D eigenvalue weighted by molar-refractivity contribution is 5.91. The van der Waals surface area contributed by atoms with Crippen molar-refractivity contribution in [3.05, 3.63) is 77.5 Å². The van der Waals surface area contributed by atoms with E-state index < -0.39 is 11.7 Å². The molecule has 0 radical (unpaired) electrons. The molecule has 2 N–H and O–H groups in total. The first-order chi connectivity index (χ1) is 19.3. The lowest BCUT2D eigenvalue weighted by Gasteiger charge is -2.43. The number of aromatic nitrogens is 1. The monoisotopic (exact) mass is 552 g/mol. The summed E-state index contributed by atoms with van der Waals surface area (Å²) in [5, 5.41) is 4.19. The number of halogens is 3. The van der Waals surface area contributed by atoms with Gasteiger partial charge in [0, 0.05) is 48.9 Å². The number of piperidine rings is 2. The third-order valence-electron chi connectivity index (χ3n) is 8.50. The number of alkyl halides is 3. The summed E-state index contributed by atoms with van der Waals surface area (Å²) in [6.07, 6.45) is 5.01. The molecule has 6 nitrogen and oxygen atoms in total. The number of hydrogen-bond donors (Lipinski definition) is 2. The fourth-order valence-corrected chi connectivity index (χ4v) is 6.33. The molecule has 1 unspecified atom stereocenters. The molecule has 2 fully saturated rings. The van der Waals surface area contributed by atoms with Crippen molar-refractivity contribution < 1.29 is 22.8 Å². The van der Waals surface area contributed by atoms with Crippen LogP contribution in [-0.4, -0.2) is 65.9 Å². The van der Waals surface area contributed by atoms with E-state index in [9.17, 15) is 22.8 Å². The summed E-state index contributed by atoms with van der Waals surface area (Å²) >= 11 is 0. The fraction of sp³-hybridized carbons (Fsp3) is 0.419. The Labute approximate surface area is 232 Å². The van der Waals surface area contributed by atoms with Crippen LogP contribution in [-0.2, 0) is 15.8 Å². The smallest absolute Gasteiger partial charge is 0.361 e. The van der Waals surface area contributed by atoms with Gasteiger partial charge in [0.25, 0.3) is 0 Å². The number of hydrogen-bond acceptors (Lipinski definition) is 3. The quantitative estimate of drug-likeness (QED) is 0.289. The molecule has 212 valence electrons.